The van der Waals surface area contributed by atoms with Crippen molar-refractivity contribution >= 4 is 11.5 Å². The number of anilines is 1. The topological polar surface area (TPSA) is 58.0 Å². The third-order valence-electron chi connectivity index (χ3n) is 3.48. The molecule has 1 aromatic heterocycles. The second-order valence-electron chi connectivity index (χ2n) is 5.10. The number of hydrogen-bond donors (Lipinski definition) is 1. The molecule has 0 aromatic carbocycles. The van der Waals surface area contributed by atoms with E-state index in [1.165, 1.54) is 6.92 Å². The lowest BCUT2D eigenvalue weighted by molar-refractivity contribution is -0.228. The van der Waals surface area contributed by atoms with Crippen LogP contribution in [0.3, 0.4) is 0 Å². The van der Waals surface area contributed by atoms with Crippen LogP contribution in [0.2, 0.25) is 0 Å². The Bertz CT molecular complexity index is 631. The molecule has 1 N–H and O–H groups in total. The number of ether oxygens (including phenoxy) is 1. The Hall–Kier alpha value is -1.88. The molecule has 1 aliphatic heterocycles. The Morgan fingerprint density at radius 1 is 1.21 bits per heavy atom. The van der Waals surface area contributed by atoms with Crippen LogP contribution >= 0.6 is 0 Å². The molecule has 0 saturated carbocycles. The predicted octanol–water partition coefficient (Wildman–Crippen LogP) is 2.81. The lowest BCUT2D eigenvalue weighted by Crippen LogP contribution is -2.47. The van der Waals surface area contributed by atoms with E-state index < -0.39 is 42.1 Å². The van der Waals surface area contributed by atoms with Gasteiger partial charge in [-0.15, -0.1) is 0 Å². The van der Waals surface area contributed by atoms with E-state index in [1.807, 2.05) is 0 Å². The summed E-state index contributed by atoms with van der Waals surface area (Å²) in [5.74, 6) is -2.01. The molecule has 0 amide bonds. The Kier molecular flexibility index (Phi) is 4.77. The molecule has 134 valence electrons. The van der Waals surface area contributed by atoms with Gasteiger partial charge in [0.2, 0.25) is 0 Å². The monoisotopic (exact) mass is 357 g/mol. The number of rotatable bonds is 3. The van der Waals surface area contributed by atoms with E-state index in [9.17, 15) is 31.4 Å². The van der Waals surface area contributed by atoms with E-state index in [0.29, 0.717) is 11.1 Å². The summed E-state index contributed by atoms with van der Waals surface area (Å²) in [6, 6.07) is 2.83. The van der Waals surface area contributed by atoms with Crippen LogP contribution in [-0.4, -0.2) is 41.4 Å². The van der Waals surface area contributed by atoms with Crippen LogP contribution in [0.5, 0.6) is 0 Å². The Morgan fingerprint density at radius 3 is 2.33 bits per heavy atom. The number of aromatic nitrogens is 1. The quantitative estimate of drug-likeness (QED) is 0.846. The summed E-state index contributed by atoms with van der Waals surface area (Å²) < 4.78 is 81.5. The Balaban J connectivity index is 2.36. The van der Waals surface area contributed by atoms with Crippen LogP contribution in [0.25, 0.3) is 0 Å². The number of aliphatic hydroxyl groups is 1. The number of methoxy groups -OCH3 is 1. The molecule has 3 atom stereocenters. The zero-order valence-corrected chi connectivity index (χ0v) is 12.4. The van der Waals surface area contributed by atoms with Gasteiger partial charge in [-0.2, -0.15) is 31.4 Å². The number of hydrogen-bond acceptors (Lipinski definition) is 5. The molecule has 0 radical (unpaired) electrons. The summed E-state index contributed by atoms with van der Waals surface area (Å²) in [5.41, 5.74) is -1.38. The average Bonchev–Trinajstić information content (AvgIpc) is 2.74. The van der Waals surface area contributed by atoms with Gasteiger partial charge in [-0.25, -0.2) is 9.99 Å². The van der Waals surface area contributed by atoms with Crippen LogP contribution in [0.4, 0.5) is 32.2 Å². The number of pyridine rings is 1. The number of halogens is 6. The van der Waals surface area contributed by atoms with E-state index in [1.54, 1.807) is 0 Å². The van der Waals surface area contributed by atoms with Gasteiger partial charge >= 0.3 is 12.4 Å². The number of hydrazone groups is 1. The highest BCUT2D eigenvalue weighted by Crippen LogP contribution is 2.37. The SMILES string of the molecule is COC(C1C(C)=NN(c2cccc(C(F)(F)F)n2)C1O)C(F)(F)F. The number of nitrogens with zero attached hydrogens (tertiary/aromatic N) is 3. The second-order valence-corrected chi connectivity index (χ2v) is 5.10. The van der Waals surface area contributed by atoms with Crippen LogP contribution in [-0.2, 0) is 10.9 Å². The van der Waals surface area contributed by atoms with Crippen LogP contribution in [0.1, 0.15) is 12.6 Å². The fraction of sp³-hybridized carbons (Fsp3) is 0.538. The molecule has 2 rings (SSSR count). The molecule has 1 aliphatic rings. The molecule has 0 spiro atoms. The van der Waals surface area contributed by atoms with Crippen LogP contribution in [0.15, 0.2) is 23.3 Å². The van der Waals surface area contributed by atoms with Gasteiger partial charge in [-0.3, -0.25) is 0 Å². The van der Waals surface area contributed by atoms with Crippen molar-refractivity contribution in [2.75, 3.05) is 12.1 Å². The van der Waals surface area contributed by atoms with Crippen molar-refractivity contribution in [2.24, 2.45) is 11.0 Å². The van der Waals surface area contributed by atoms with Crippen LogP contribution in [0, 0.1) is 5.92 Å². The molecule has 1 aromatic rings. The minimum absolute atomic E-state index is 0.133. The standard InChI is InChI=1S/C13H13F6N3O2/c1-6-9(10(24-2)13(17,18)19)11(23)22(21-6)8-5-3-4-7(20-8)12(14,15)16/h3-5,9-11,23H,1-2H3. The summed E-state index contributed by atoms with van der Waals surface area (Å²) in [5, 5.41) is 14.5. The smallest absolute Gasteiger partial charge is 0.371 e. The van der Waals surface area contributed by atoms with E-state index >= 15 is 0 Å². The number of alkyl halides is 6. The van der Waals surface area contributed by atoms with E-state index in [4.69, 9.17) is 0 Å². The third-order valence-corrected chi connectivity index (χ3v) is 3.48. The zero-order chi connectivity index (χ0) is 18.3. The van der Waals surface area contributed by atoms with Gasteiger partial charge in [0.15, 0.2) is 18.1 Å². The molecule has 2 heterocycles. The average molecular weight is 357 g/mol. The van der Waals surface area contributed by atoms with E-state index in [0.717, 1.165) is 19.2 Å². The molecule has 3 unspecified atom stereocenters. The third kappa shape index (κ3) is 3.46. The van der Waals surface area contributed by atoms with Gasteiger partial charge in [0.05, 0.1) is 5.92 Å². The molecule has 5 nitrogen and oxygen atoms in total. The molecule has 11 heteroatoms. The molecule has 0 fully saturated rings. The molecule has 0 bridgehead atoms. The van der Waals surface area contributed by atoms with Gasteiger partial charge in [0.25, 0.3) is 0 Å². The lowest BCUT2D eigenvalue weighted by atomic mass is 9.96. The maximum atomic E-state index is 13.0. The second kappa shape index (κ2) is 6.20. The maximum Gasteiger partial charge on any atom is 0.433 e. The zero-order valence-electron chi connectivity index (χ0n) is 12.4. The van der Waals surface area contributed by atoms with Gasteiger partial charge in [-0.05, 0) is 19.1 Å². The first kappa shape index (κ1) is 18.5. The maximum absolute atomic E-state index is 13.0. The van der Waals surface area contributed by atoms with Crippen molar-refractivity contribution in [3.63, 3.8) is 0 Å². The predicted molar refractivity (Wildman–Crippen MR) is 71.2 cm³/mol. The van der Waals surface area contributed by atoms with Gasteiger partial charge < -0.3 is 9.84 Å². The van der Waals surface area contributed by atoms with Gasteiger partial charge in [0.1, 0.15) is 5.69 Å². The largest absolute Gasteiger partial charge is 0.433 e. The highest BCUT2D eigenvalue weighted by molar-refractivity contribution is 5.89. The van der Waals surface area contributed by atoms with Crippen molar-refractivity contribution in [1.82, 2.24) is 4.98 Å². The summed E-state index contributed by atoms with van der Waals surface area (Å²) in [4.78, 5) is 3.30. The minimum atomic E-state index is -4.78. The highest BCUT2D eigenvalue weighted by Gasteiger charge is 2.52. The van der Waals surface area contributed by atoms with Crippen molar-refractivity contribution < 1.29 is 36.2 Å². The summed E-state index contributed by atoms with van der Waals surface area (Å²) >= 11 is 0. The van der Waals surface area contributed by atoms with Crippen molar-refractivity contribution in [3.8, 4) is 0 Å². The van der Waals surface area contributed by atoms with Gasteiger partial charge in [0, 0.05) is 12.8 Å². The van der Waals surface area contributed by atoms with Crippen LogP contribution < -0.4 is 5.01 Å². The van der Waals surface area contributed by atoms with E-state index in [-0.39, 0.29) is 5.71 Å². The van der Waals surface area contributed by atoms with E-state index in [2.05, 4.69) is 14.8 Å². The van der Waals surface area contributed by atoms with Crippen molar-refractivity contribution in [1.29, 1.82) is 0 Å². The normalized spacial score (nSPS) is 23.4. The number of aliphatic hydroxyl groups excluding tert-OH is 1. The first-order chi connectivity index (χ1) is 11.0. The first-order valence-electron chi connectivity index (χ1n) is 6.63. The molecular formula is C13H13F6N3O2. The Labute approximate surface area is 132 Å². The van der Waals surface area contributed by atoms with Gasteiger partial charge in [-0.1, -0.05) is 6.07 Å². The summed E-state index contributed by atoms with van der Waals surface area (Å²) in [6.07, 6.45) is -13.7. The fourth-order valence-electron chi connectivity index (χ4n) is 2.42. The fourth-order valence-corrected chi connectivity index (χ4v) is 2.42. The lowest BCUT2D eigenvalue weighted by Gasteiger charge is -2.29. The summed E-state index contributed by atoms with van der Waals surface area (Å²) in [6.45, 7) is 1.22. The molecular weight excluding hydrogens is 344 g/mol. The summed E-state index contributed by atoms with van der Waals surface area (Å²) in [7, 11) is 0.823. The van der Waals surface area contributed by atoms with Crippen molar-refractivity contribution in [2.45, 2.75) is 31.6 Å². The van der Waals surface area contributed by atoms with Crippen molar-refractivity contribution in [3.05, 3.63) is 23.9 Å². The molecule has 0 saturated heterocycles. The molecule has 0 aliphatic carbocycles. The first-order valence-corrected chi connectivity index (χ1v) is 6.63. The highest BCUT2D eigenvalue weighted by atomic mass is 19.4. The molecule has 24 heavy (non-hydrogen) atoms. The Morgan fingerprint density at radius 2 is 1.83 bits per heavy atom. The minimum Gasteiger partial charge on any atom is -0.371 e.